The topological polar surface area (TPSA) is 39.2 Å². The van der Waals surface area contributed by atoms with Gasteiger partial charge in [-0.2, -0.15) is 0 Å². The van der Waals surface area contributed by atoms with Crippen LogP contribution in [0.15, 0.2) is 39.6 Å². The predicted molar refractivity (Wildman–Crippen MR) is 68.9 cm³/mol. The van der Waals surface area contributed by atoms with Gasteiger partial charge in [0, 0.05) is 5.56 Å². The minimum Gasteiger partial charge on any atom is -0.457 e. The molecule has 1 unspecified atom stereocenters. The number of furan rings is 1. The van der Waals surface area contributed by atoms with Gasteiger partial charge in [-0.05, 0) is 33.6 Å². The van der Waals surface area contributed by atoms with Crippen LogP contribution < -0.4 is 5.73 Å². The van der Waals surface area contributed by atoms with Gasteiger partial charge in [0.2, 0.25) is 0 Å². The smallest absolute Gasteiger partial charge is 0.174 e. The van der Waals surface area contributed by atoms with E-state index in [1.165, 1.54) is 0 Å². The molecule has 2 N–H and O–H groups in total. The zero-order valence-corrected chi connectivity index (χ0v) is 11.2. The normalized spacial score (nSPS) is 12.8. The summed E-state index contributed by atoms with van der Waals surface area (Å²) in [6, 6.07) is 6.82. The van der Waals surface area contributed by atoms with Crippen LogP contribution in [0.4, 0.5) is 0 Å². The summed E-state index contributed by atoms with van der Waals surface area (Å²) in [5.41, 5.74) is 7.71. The highest BCUT2D eigenvalue weighted by molar-refractivity contribution is 9.10. The van der Waals surface area contributed by atoms with E-state index in [4.69, 9.17) is 33.4 Å². The van der Waals surface area contributed by atoms with Gasteiger partial charge in [0.05, 0.1) is 22.4 Å². The lowest BCUT2D eigenvalue weighted by atomic mass is 10.0. The van der Waals surface area contributed by atoms with Crippen LogP contribution in [0.25, 0.3) is 0 Å². The second-order valence-electron chi connectivity index (χ2n) is 3.27. The molecule has 0 spiro atoms. The summed E-state index contributed by atoms with van der Waals surface area (Å²) in [4.78, 5) is 0. The lowest BCUT2D eigenvalue weighted by molar-refractivity contribution is 0.534. The van der Waals surface area contributed by atoms with E-state index in [0.29, 0.717) is 14.7 Å². The third-order valence-corrected chi connectivity index (χ3v) is 3.78. The Morgan fingerprint density at radius 1 is 1.19 bits per heavy atom. The molecule has 0 aliphatic heterocycles. The first-order valence-electron chi connectivity index (χ1n) is 4.53. The quantitative estimate of drug-likeness (QED) is 0.891. The molecule has 1 atom stereocenters. The fraction of sp³-hybridized carbons (Fsp3) is 0.0909. The monoisotopic (exact) mass is 319 g/mol. The van der Waals surface area contributed by atoms with Crippen molar-refractivity contribution in [3.63, 3.8) is 0 Å². The van der Waals surface area contributed by atoms with E-state index in [0.717, 1.165) is 11.1 Å². The summed E-state index contributed by atoms with van der Waals surface area (Å²) in [5, 5.41) is 0.971. The van der Waals surface area contributed by atoms with E-state index in [-0.39, 0.29) is 6.04 Å². The molecule has 1 aromatic carbocycles. The number of halogens is 3. The molecule has 1 aromatic heterocycles. The first-order chi connectivity index (χ1) is 7.61. The summed E-state index contributed by atoms with van der Waals surface area (Å²) < 4.78 is 5.75. The molecule has 2 rings (SSSR count). The van der Waals surface area contributed by atoms with E-state index in [1.807, 2.05) is 12.1 Å². The van der Waals surface area contributed by atoms with Crippen LogP contribution in [-0.4, -0.2) is 0 Å². The van der Waals surface area contributed by atoms with Crippen molar-refractivity contribution in [1.29, 1.82) is 0 Å². The largest absolute Gasteiger partial charge is 0.457 e. The molecule has 2 aromatic rings. The highest BCUT2D eigenvalue weighted by Crippen LogP contribution is 2.34. The minimum atomic E-state index is -0.362. The van der Waals surface area contributed by atoms with Crippen LogP contribution in [0.2, 0.25) is 10.0 Å². The van der Waals surface area contributed by atoms with E-state index in [9.17, 15) is 0 Å². The van der Waals surface area contributed by atoms with Crippen LogP contribution in [0, 0.1) is 0 Å². The Balaban J connectivity index is 2.46. The van der Waals surface area contributed by atoms with Crippen LogP contribution >= 0.6 is 39.1 Å². The van der Waals surface area contributed by atoms with Gasteiger partial charge in [-0.15, -0.1) is 0 Å². The Morgan fingerprint density at radius 2 is 1.94 bits per heavy atom. The number of nitrogens with two attached hydrogens (primary N) is 1. The summed E-state index contributed by atoms with van der Waals surface area (Å²) in [6.07, 6.45) is 1.57. The molecule has 84 valence electrons. The zero-order valence-electron chi connectivity index (χ0n) is 8.08. The molecule has 5 heteroatoms. The van der Waals surface area contributed by atoms with Crippen molar-refractivity contribution in [1.82, 2.24) is 0 Å². The van der Waals surface area contributed by atoms with Gasteiger partial charge in [0.1, 0.15) is 0 Å². The second kappa shape index (κ2) is 4.80. The lowest BCUT2D eigenvalue weighted by Gasteiger charge is -2.13. The van der Waals surface area contributed by atoms with Crippen molar-refractivity contribution in [2.45, 2.75) is 6.04 Å². The third kappa shape index (κ3) is 2.13. The van der Waals surface area contributed by atoms with Gasteiger partial charge in [-0.3, -0.25) is 0 Å². The van der Waals surface area contributed by atoms with Crippen LogP contribution in [0.5, 0.6) is 0 Å². The predicted octanol–water partition coefficient (Wildman–Crippen LogP) is 4.40. The molecule has 0 amide bonds. The number of hydrogen-bond acceptors (Lipinski definition) is 2. The Hall–Kier alpha value is -0.480. The van der Waals surface area contributed by atoms with Gasteiger partial charge >= 0.3 is 0 Å². The van der Waals surface area contributed by atoms with E-state index in [2.05, 4.69) is 15.9 Å². The molecule has 0 bridgehead atoms. The molecule has 16 heavy (non-hydrogen) atoms. The van der Waals surface area contributed by atoms with Crippen LogP contribution in [0.3, 0.4) is 0 Å². The summed E-state index contributed by atoms with van der Waals surface area (Å²) in [5.74, 6) is 0. The fourth-order valence-corrected chi connectivity index (χ4v) is 2.37. The second-order valence-corrected chi connectivity index (χ2v) is 4.78. The van der Waals surface area contributed by atoms with E-state index in [1.54, 1.807) is 18.4 Å². The standard InChI is InChI=1S/C11H8BrCl2NO/c12-11-7(4-5-16-11)10(15)6-2-1-3-8(13)9(6)14/h1-5,10H,15H2. The Labute approximate surface area is 111 Å². The van der Waals surface area contributed by atoms with Crippen molar-refractivity contribution in [2.75, 3.05) is 0 Å². The van der Waals surface area contributed by atoms with Crippen LogP contribution in [-0.2, 0) is 0 Å². The molecule has 0 fully saturated rings. The average molecular weight is 321 g/mol. The van der Waals surface area contributed by atoms with Crippen molar-refractivity contribution >= 4 is 39.1 Å². The number of benzene rings is 1. The molecule has 0 saturated carbocycles. The lowest BCUT2D eigenvalue weighted by Crippen LogP contribution is -2.12. The first kappa shape index (κ1) is 12.0. The molecule has 0 aliphatic rings. The highest BCUT2D eigenvalue weighted by Gasteiger charge is 2.18. The van der Waals surface area contributed by atoms with Crippen molar-refractivity contribution < 1.29 is 4.42 Å². The van der Waals surface area contributed by atoms with Crippen molar-refractivity contribution in [2.24, 2.45) is 5.73 Å². The highest BCUT2D eigenvalue weighted by atomic mass is 79.9. The summed E-state index contributed by atoms with van der Waals surface area (Å²) in [7, 11) is 0. The van der Waals surface area contributed by atoms with Gasteiger partial charge in [-0.25, -0.2) is 0 Å². The molecule has 1 heterocycles. The Bertz CT molecular complexity index is 512. The maximum Gasteiger partial charge on any atom is 0.174 e. The third-order valence-electron chi connectivity index (χ3n) is 2.30. The summed E-state index contributed by atoms with van der Waals surface area (Å²) >= 11 is 15.3. The van der Waals surface area contributed by atoms with Crippen molar-refractivity contribution in [3.05, 3.63) is 56.4 Å². The maximum absolute atomic E-state index is 6.10. The molecule has 2 nitrogen and oxygen atoms in total. The van der Waals surface area contributed by atoms with Crippen LogP contribution in [0.1, 0.15) is 17.2 Å². The molecular formula is C11H8BrCl2NO. The summed E-state index contributed by atoms with van der Waals surface area (Å²) in [6.45, 7) is 0. The molecule has 0 radical (unpaired) electrons. The molecule has 0 saturated heterocycles. The van der Waals surface area contributed by atoms with Gasteiger partial charge < -0.3 is 10.2 Å². The van der Waals surface area contributed by atoms with Gasteiger partial charge in [0.15, 0.2) is 4.67 Å². The number of hydrogen-bond donors (Lipinski definition) is 1. The van der Waals surface area contributed by atoms with Gasteiger partial charge in [-0.1, -0.05) is 35.3 Å². The SMILES string of the molecule is NC(c1ccoc1Br)c1cccc(Cl)c1Cl. The van der Waals surface area contributed by atoms with E-state index >= 15 is 0 Å². The van der Waals surface area contributed by atoms with E-state index < -0.39 is 0 Å². The molecular weight excluding hydrogens is 313 g/mol. The molecule has 0 aliphatic carbocycles. The number of rotatable bonds is 2. The Kier molecular flexibility index (Phi) is 3.60. The fourth-order valence-electron chi connectivity index (χ4n) is 1.45. The zero-order chi connectivity index (χ0) is 11.7. The average Bonchev–Trinajstić information content (AvgIpc) is 2.68. The maximum atomic E-state index is 6.10. The Morgan fingerprint density at radius 3 is 2.56 bits per heavy atom. The van der Waals surface area contributed by atoms with Gasteiger partial charge in [0.25, 0.3) is 0 Å². The van der Waals surface area contributed by atoms with Crippen molar-refractivity contribution in [3.8, 4) is 0 Å². The first-order valence-corrected chi connectivity index (χ1v) is 6.08. The minimum absolute atomic E-state index is 0.362.